The second-order valence-electron chi connectivity index (χ2n) is 2.18. The van der Waals surface area contributed by atoms with Crippen LogP contribution in [0.25, 0.3) is 0 Å². The second-order valence-corrected chi connectivity index (χ2v) is 4.48. The van der Waals surface area contributed by atoms with Crippen molar-refractivity contribution in [2.75, 3.05) is 18.8 Å². The van der Waals surface area contributed by atoms with E-state index in [0.29, 0.717) is 6.54 Å². The molecule has 1 atom stereocenters. The van der Waals surface area contributed by atoms with Crippen LogP contribution < -0.4 is 5.32 Å². The Balaban J connectivity index is 2.79. The van der Waals surface area contributed by atoms with E-state index in [1.807, 2.05) is 0 Å². The smallest absolute Gasteiger partial charge is 0.219 e. The monoisotopic (exact) mass is 162 g/mol. The van der Waals surface area contributed by atoms with Gasteiger partial charge in [-0.05, 0) is 0 Å². The molecule has 1 heterocycles. The van der Waals surface area contributed by atoms with Crippen LogP contribution in [-0.4, -0.2) is 38.8 Å². The number of carbonyl (C=O) groups excluding carboxylic acids is 1. The molecule has 1 saturated heterocycles. The largest absolute Gasteiger partial charge is 0.314 e. The maximum Gasteiger partial charge on any atom is 0.219 e. The van der Waals surface area contributed by atoms with Gasteiger partial charge in [0.2, 0.25) is 6.29 Å². The van der Waals surface area contributed by atoms with Crippen LogP contribution in [0.1, 0.15) is 0 Å². The van der Waals surface area contributed by atoms with Crippen molar-refractivity contribution < 1.29 is 13.2 Å². The van der Waals surface area contributed by atoms with Gasteiger partial charge in [-0.25, -0.2) is 8.42 Å². The highest BCUT2D eigenvalue weighted by atomic mass is 32.2. The summed E-state index contributed by atoms with van der Waals surface area (Å²) in [6.45, 7) is 0.659. The van der Waals surface area contributed by atoms with E-state index in [1.165, 1.54) is 6.29 Å². The van der Waals surface area contributed by atoms with Crippen LogP contribution in [0.4, 0.5) is 0 Å². The zero-order chi connectivity index (χ0) is 7.61. The number of nitrogens with one attached hydrogen (secondary N) is 1. The molecular weight excluding hydrogens is 154 g/mol. The van der Waals surface area contributed by atoms with Crippen molar-refractivity contribution in [3.8, 4) is 0 Å². The van der Waals surface area contributed by atoms with Crippen LogP contribution in [-0.2, 0) is 14.6 Å². The van der Waals surface area contributed by atoms with Crippen LogP contribution >= 0.6 is 0 Å². The van der Waals surface area contributed by atoms with Gasteiger partial charge in [0, 0.05) is 13.1 Å². The zero-order valence-corrected chi connectivity index (χ0v) is 6.15. The summed E-state index contributed by atoms with van der Waals surface area (Å²) in [5.74, 6) is 0.0485. The van der Waals surface area contributed by atoms with E-state index in [-0.39, 0.29) is 12.3 Å². The summed E-state index contributed by atoms with van der Waals surface area (Å²) >= 11 is 0. The van der Waals surface area contributed by atoms with Crippen LogP contribution in [0.3, 0.4) is 0 Å². The summed E-state index contributed by atoms with van der Waals surface area (Å²) < 4.78 is 21.8. The molecule has 1 N–H and O–H groups in total. The second kappa shape index (κ2) is 2.67. The van der Waals surface area contributed by atoms with Crippen molar-refractivity contribution in [2.24, 2.45) is 0 Å². The Morgan fingerprint density at radius 3 is 2.60 bits per heavy atom. The van der Waals surface area contributed by atoms with E-state index in [1.54, 1.807) is 0 Å². The van der Waals surface area contributed by atoms with E-state index in [4.69, 9.17) is 0 Å². The van der Waals surface area contributed by atoms with E-state index in [2.05, 4.69) is 5.32 Å². The van der Waals surface area contributed by atoms with Gasteiger partial charge in [-0.15, -0.1) is 0 Å². The highest BCUT2D eigenvalue weighted by Crippen LogP contribution is 2.02. The molecule has 1 radical (unpaired) electrons. The minimum Gasteiger partial charge on any atom is -0.314 e. The van der Waals surface area contributed by atoms with Gasteiger partial charge in [0.1, 0.15) is 5.25 Å². The molecule has 0 aliphatic carbocycles. The van der Waals surface area contributed by atoms with Crippen LogP contribution in [0.5, 0.6) is 0 Å². The number of sulfone groups is 1. The molecule has 1 unspecified atom stereocenters. The van der Waals surface area contributed by atoms with Gasteiger partial charge in [0.05, 0.1) is 5.75 Å². The Morgan fingerprint density at radius 2 is 2.20 bits per heavy atom. The molecule has 0 bridgehead atoms. The SMILES string of the molecule is O=[C]C1CNCCS1(=O)=O. The van der Waals surface area contributed by atoms with Gasteiger partial charge in [0.15, 0.2) is 9.84 Å². The molecular formula is C5H8NO3S. The molecule has 0 aromatic rings. The number of rotatable bonds is 1. The normalized spacial score (nSPS) is 31.4. The fraction of sp³-hybridized carbons (Fsp3) is 0.800. The van der Waals surface area contributed by atoms with Crippen LogP contribution in [0, 0.1) is 0 Å². The van der Waals surface area contributed by atoms with E-state index >= 15 is 0 Å². The zero-order valence-electron chi connectivity index (χ0n) is 5.33. The maximum absolute atomic E-state index is 10.9. The van der Waals surface area contributed by atoms with E-state index < -0.39 is 15.1 Å². The molecule has 1 aliphatic rings. The van der Waals surface area contributed by atoms with E-state index in [9.17, 15) is 13.2 Å². The quantitative estimate of drug-likeness (QED) is 0.509. The minimum atomic E-state index is -3.16. The lowest BCUT2D eigenvalue weighted by atomic mass is 10.4. The molecule has 1 aliphatic heterocycles. The molecule has 1 rings (SSSR count). The molecule has 0 aromatic heterocycles. The predicted molar refractivity (Wildman–Crippen MR) is 36.1 cm³/mol. The summed E-state index contributed by atoms with van der Waals surface area (Å²) in [7, 11) is -3.16. The van der Waals surface area contributed by atoms with Gasteiger partial charge in [-0.1, -0.05) is 0 Å². The van der Waals surface area contributed by atoms with Gasteiger partial charge >= 0.3 is 0 Å². The summed E-state index contributed by atoms with van der Waals surface area (Å²) in [5.41, 5.74) is 0. The van der Waals surface area contributed by atoms with Gasteiger partial charge in [-0.2, -0.15) is 0 Å². The third-order valence-electron chi connectivity index (χ3n) is 1.46. The third-order valence-corrected chi connectivity index (χ3v) is 3.36. The van der Waals surface area contributed by atoms with Crippen molar-refractivity contribution in [3.05, 3.63) is 0 Å². The summed E-state index contributed by atoms with van der Waals surface area (Å²) in [6.07, 6.45) is 1.49. The lowest BCUT2D eigenvalue weighted by molar-refractivity contribution is 0.531. The summed E-state index contributed by atoms with van der Waals surface area (Å²) in [4.78, 5) is 10.0. The highest BCUT2D eigenvalue weighted by molar-refractivity contribution is 7.92. The standard InChI is InChI=1S/C5H8NO3S/c7-4-5-3-6-1-2-10(5,8)9/h5-6H,1-3H2. The van der Waals surface area contributed by atoms with Gasteiger partial charge in [-0.3, -0.25) is 4.79 Å². The van der Waals surface area contributed by atoms with Gasteiger partial charge in [0.25, 0.3) is 0 Å². The third kappa shape index (κ3) is 1.35. The molecule has 10 heavy (non-hydrogen) atoms. The Bertz CT molecular complexity index is 221. The lowest BCUT2D eigenvalue weighted by Crippen LogP contribution is -2.44. The Kier molecular flexibility index (Phi) is 2.05. The minimum absolute atomic E-state index is 0.0485. The van der Waals surface area contributed by atoms with Gasteiger partial charge < -0.3 is 5.32 Å². The summed E-state index contributed by atoms with van der Waals surface area (Å²) in [6, 6.07) is 0. The van der Waals surface area contributed by atoms with Crippen molar-refractivity contribution in [3.63, 3.8) is 0 Å². The first kappa shape index (κ1) is 7.68. The first-order valence-electron chi connectivity index (χ1n) is 2.97. The molecule has 0 amide bonds. The number of hydrogen-bond acceptors (Lipinski definition) is 4. The first-order chi connectivity index (χ1) is 4.67. The number of hydrogen-bond donors (Lipinski definition) is 1. The molecule has 0 spiro atoms. The van der Waals surface area contributed by atoms with Crippen molar-refractivity contribution in [2.45, 2.75) is 5.25 Å². The van der Waals surface area contributed by atoms with Crippen LogP contribution in [0.15, 0.2) is 0 Å². The molecule has 57 valence electrons. The molecule has 4 nitrogen and oxygen atoms in total. The first-order valence-corrected chi connectivity index (χ1v) is 4.68. The molecule has 5 heteroatoms. The average molecular weight is 162 g/mol. The summed E-state index contributed by atoms with van der Waals surface area (Å²) in [5, 5.41) is 1.86. The van der Waals surface area contributed by atoms with Crippen molar-refractivity contribution in [1.29, 1.82) is 0 Å². The molecule has 0 saturated carbocycles. The predicted octanol–water partition coefficient (Wildman–Crippen LogP) is -1.52. The Hall–Kier alpha value is -0.420. The Labute approximate surface area is 59.5 Å². The average Bonchev–Trinajstić information content (AvgIpc) is 1.87. The van der Waals surface area contributed by atoms with Crippen molar-refractivity contribution in [1.82, 2.24) is 5.32 Å². The lowest BCUT2D eigenvalue weighted by Gasteiger charge is -2.17. The fourth-order valence-electron chi connectivity index (χ4n) is 0.832. The van der Waals surface area contributed by atoms with Crippen LogP contribution in [0.2, 0.25) is 0 Å². The van der Waals surface area contributed by atoms with E-state index in [0.717, 1.165) is 0 Å². The topological polar surface area (TPSA) is 63.2 Å². The molecule has 1 fully saturated rings. The maximum atomic E-state index is 10.9. The Morgan fingerprint density at radius 1 is 1.50 bits per heavy atom. The highest BCUT2D eigenvalue weighted by Gasteiger charge is 2.28. The van der Waals surface area contributed by atoms with Crippen molar-refractivity contribution >= 4 is 16.1 Å². The fourth-order valence-corrected chi connectivity index (χ4v) is 2.06. The molecule has 0 aromatic carbocycles.